The van der Waals surface area contributed by atoms with Crippen LogP contribution in [0.2, 0.25) is 0 Å². The highest BCUT2D eigenvalue weighted by molar-refractivity contribution is 5.95. The monoisotopic (exact) mass is 484 g/mol. The lowest BCUT2D eigenvalue weighted by Crippen LogP contribution is -2.68. The molecule has 8 atom stereocenters. The minimum Gasteiger partial charge on any atom is -0.461 e. The van der Waals surface area contributed by atoms with E-state index in [4.69, 9.17) is 14.2 Å². The summed E-state index contributed by atoms with van der Waals surface area (Å²) in [6.07, 6.45) is 2.42. The minimum absolute atomic E-state index is 0.140. The molecule has 7 nitrogen and oxygen atoms in total. The molecular formula is C28H36O7. The molecule has 1 N–H and O–H groups in total. The highest BCUT2D eigenvalue weighted by Crippen LogP contribution is 2.84. The highest BCUT2D eigenvalue weighted by atomic mass is 16.6. The van der Waals surface area contributed by atoms with Crippen molar-refractivity contribution in [3.8, 4) is 0 Å². The van der Waals surface area contributed by atoms with Gasteiger partial charge in [0.05, 0.1) is 5.41 Å². The maximum Gasteiger partial charge on any atom is 0.331 e. The second-order valence-electron chi connectivity index (χ2n) is 12.5. The third-order valence-electron chi connectivity index (χ3n) is 11.5. The largest absolute Gasteiger partial charge is 0.461 e. The second-order valence-corrected chi connectivity index (χ2v) is 12.5. The van der Waals surface area contributed by atoms with Crippen molar-refractivity contribution in [3.63, 3.8) is 0 Å². The molecule has 0 aromatic heterocycles. The van der Waals surface area contributed by atoms with Crippen LogP contribution in [0.1, 0.15) is 67.7 Å². The van der Waals surface area contributed by atoms with E-state index in [0.29, 0.717) is 24.0 Å². The number of esters is 3. The van der Waals surface area contributed by atoms with Crippen LogP contribution in [0.4, 0.5) is 0 Å². The maximum absolute atomic E-state index is 14.1. The van der Waals surface area contributed by atoms with Gasteiger partial charge >= 0.3 is 17.9 Å². The molecule has 2 bridgehead atoms. The molecular weight excluding hydrogens is 448 g/mol. The van der Waals surface area contributed by atoms with E-state index < -0.39 is 68.4 Å². The number of carbonyl (C=O) groups is 3. The third-order valence-corrected chi connectivity index (χ3v) is 11.5. The van der Waals surface area contributed by atoms with Gasteiger partial charge in [-0.3, -0.25) is 9.59 Å². The fourth-order valence-corrected chi connectivity index (χ4v) is 8.77. The zero-order valence-electron chi connectivity index (χ0n) is 21.7. The lowest BCUT2D eigenvalue weighted by atomic mass is 9.40. The smallest absolute Gasteiger partial charge is 0.331 e. The Morgan fingerprint density at radius 3 is 2.23 bits per heavy atom. The summed E-state index contributed by atoms with van der Waals surface area (Å²) < 4.78 is 17.7. The van der Waals surface area contributed by atoms with Crippen LogP contribution in [0, 0.1) is 27.1 Å². The molecule has 5 aliphatic rings. The van der Waals surface area contributed by atoms with E-state index in [0.717, 1.165) is 0 Å². The molecule has 0 aromatic carbocycles. The predicted molar refractivity (Wildman–Crippen MR) is 127 cm³/mol. The van der Waals surface area contributed by atoms with Crippen molar-refractivity contribution >= 4 is 17.9 Å². The Bertz CT molecular complexity index is 1150. The molecule has 3 spiro atoms. The van der Waals surface area contributed by atoms with Crippen molar-refractivity contribution in [3.05, 3.63) is 36.5 Å². The van der Waals surface area contributed by atoms with Crippen molar-refractivity contribution < 1.29 is 33.7 Å². The molecule has 2 saturated heterocycles. The summed E-state index contributed by atoms with van der Waals surface area (Å²) in [6, 6.07) is 0. The van der Waals surface area contributed by atoms with Crippen LogP contribution in [-0.2, 0) is 28.6 Å². The van der Waals surface area contributed by atoms with Gasteiger partial charge in [0.15, 0.2) is 5.60 Å². The number of fused-ring (bicyclic) bond motifs is 1. The van der Waals surface area contributed by atoms with Crippen LogP contribution in [0.3, 0.4) is 0 Å². The maximum atomic E-state index is 14.1. The Morgan fingerprint density at radius 2 is 1.66 bits per heavy atom. The van der Waals surface area contributed by atoms with E-state index in [1.165, 1.54) is 6.08 Å². The summed E-state index contributed by atoms with van der Waals surface area (Å²) in [6.45, 7) is 21.3. The van der Waals surface area contributed by atoms with E-state index in [1.807, 2.05) is 26.8 Å². The number of cyclic esters (lactones) is 3. The van der Waals surface area contributed by atoms with E-state index >= 15 is 0 Å². The number of aliphatic hydroxyl groups excluding tert-OH is 1. The number of hydrogen-bond acceptors (Lipinski definition) is 7. The van der Waals surface area contributed by atoms with E-state index in [9.17, 15) is 19.5 Å². The first-order valence-corrected chi connectivity index (χ1v) is 12.4. The Kier molecular flexibility index (Phi) is 4.36. The van der Waals surface area contributed by atoms with Gasteiger partial charge < -0.3 is 19.3 Å². The lowest BCUT2D eigenvalue weighted by Gasteiger charge is -2.65. The first kappa shape index (κ1) is 24.3. The van der Waals surface area contributed by atoms with Gasteiger partial charge in [-0.15, -0.1) is 0 Å². The average Bonchev–Trinajstić information content (AvgIpc) is 3.04. The summed E-state index contributed by atoms with van der Waals surface area (Å²) in [5.74, 6) is -1.44. The molecule has 0 unspecified atom stereocenters. The first-order valence-electron chi connectivity index (χ1n) is 12.4. The molecule has 2 aliphatic carbocycles. The summed E-state index contributed by atoms with van der Waals surface area (Å²) in [7, 11) is 0. The quantitative estimate of drug-likeness (QED) is 0.343. The fraction of sp³-hybridized carbons (Fsp3) is 0.679. The summed E-state index contributed by atoms with van der Waals surface area (Å²) in [5.41, 5.74) is -6.65. The Labute approximate surface area is 206 Å². The number of ether oxygens (including phenoxy) is 3. The van der Waals surface area contributed by atoms with Crippen LogP contribution in [0.5, 0.6) is 0 Å². The van der Waals surface area contributed by atoms with Crippen LogP contribution in [-0.4, -0.2) is 46.4 Å². The van der Waals surface area contributed by atoms with Crippen LogP contribution in [0.15, 0.2) is 36.5 Å². The van der Waals surface area contributed by atoms with Gasteiger partial charge in [-0.05, 0) is 71.8 Å². The van der Waals surface area contributed by atoms with Crippen molar-refractivity contribution in [1.29, 1.82) is 0 Å². The van der Waals surface area contributed by atoms with Crippen LogP contribution in [0.25, 0.3) is 0 Å². The molecule has 35 heavy (non-hydrogen) atoms. The molecule has 3 heterocycles. The molecule has 2 saturated carbocycles. The highest BCUT2D eigenvalue weighted by Gasteiger charge is 2.90. The van der Waals surface area contributed by atoms with Gasteiger partial charge in [0, 0.05) is 16.9 Å². The second kappa shape index (κ2) is 6.28. The van der Waals surface area contributed by atoms with Crippen molar-refractivity contribution in [2.75, 3.05) is 0 Å². The Hall–Kier alpha value is -2.41. The molecule has 5 rings (SSSR count). The van der Waals surface area contributed by atoms with Crippen molar-refractivity contribution in [1.82, 2.24) is 0 Å². The van der Waals surface area contributed by atoms with Crippen LogP contribution >= 0.6 is 0 Å². The number of hydrogen-bond donors (Lipinski definition) is 1. The van der Waals surface area contributed by atoms with Gasteiger partial charge in [-0.2, -0.15) is 0 Å². The van der Waals surface area contributed by atoms with Crippen molar-refractivity contribution in [2.45, 2.75) is 91.1 Å². The number of rotatable bonds is 1. The van der Waals surface area contributed by atoms with E-state index in [-0.39, 0.29) is 6.42 Å². The number of carbonyl (C=O) groups excluding carboxylic acids is 3. The molecule has 0 radical (unpaired) electrons. The summed E-state index contributed by atoms with van der Waals surface area (Å²) >= 11 is 0. The van der Waals surface area contributed by atoms with E-state index in [1.54, 1.807) is 27.7 Å². The molecule has 190 valence electrons. The minimum atomic E-state index is -1.42. The Balaban J connectivity index is 1.89. The molecule has 0 aromatic rings. The Morgan fingerprint density at radius 1 is 1.03 bits per heavy atom. The van der Waals surface area contributed by atoms with E-state index in [2.05, 4.69) is 13.2 Å². The van der Waals surface area contributed by atoms with Gasteiger partial charge in [0.2, 0.25) is 0 Å². The van der Waals surface area contributed by atoms with Gasteiger partial charge in [-0.25, -0.2) is 4.79 Å². The SMILES string of the molecule is C=C(C)[C@@]1(C)OC(=O)[C@]23C[C@]4(C(=C)[C@@]5(C=CC(=O)OC5(C)C)CC[C@@]4(C)[C@@]2(C)C(=O)O[C@H]3C)[C@H]1O. The fourth-order valence-electron chi connectivity index (χ4n) is 8.77. The van der Waals surface area contributed by atoms with Gasteiger partial charge in [-0.1, -0.05) is 31.7 Å². The number of aliphatic hydroxyl groups is 1. The molecule has 3 aliphatic heterocycles. The van der Waals surface area contributed by atoms with Gasteiger partial charge in [0.25, 0.3) is 0 Å². The van der Waals surface area contributed by atoms with Gasteiger partial charge in [0.1, 0.15) is 23.2 Å². The normalized spacial score (nSPS) is 51.8. The zero-order valence-corrected chi connectivity index (χ0v) is 21.7. The van der Waals surface area contributed by atoms with Crippen LogP contribution < -0.4 is 0 Å². The third kappa shape index (κ3) is 2.11. The topological polar surface area (TPSA) is 99.1 Å². The average molecular weight is 485 g/mol. The molecule has 7 heteroatoms. The predicted octanol–water partition coefficient (Wildman–Crippen LogP) is 3.80. The lowest BCUT2D eigenvalue weighted by molar-refractivity contribution is -0.215. The zero-order chi connectivity index (χ0) is 26.2. The summed E-state index contributed by atoms with van der Waals surface area (Å²) in [4.78, 5) is 40.0. The standard InChI is InChI=1S/C28H36O7/c1-15(2)24(8)19(30)27-14-28(21(32)35-24)17(4)33-20(31)25(28,9)23(27,7)12-13-26(16(27)3)11-10-18(29)34-22(26,5)6/h10-11,17,19,30H,1,3,12-14H2,2,4-9H3/t17-,19-,23-,24+,25+,26+,27-,28+/m0/s1. The van der Waals surface area contributed by atoms with Crippen molar-refractivity contribution in [2.24, 2.45) is 27.1 Å². The molecule has 4 fully saturated rings. The summed E-state index contributed by atoms with van der Waals surface area (Å²) in [5, 5.41) is 12.4. The molecule has 0 amide bonds. The first-order chi connectivity index (χ1) is 15.9.